The Morgan fingerprint density at radius 3 is 2.50 bits per heavy atom. The Labute approximate surface area is 105 Å². The smallest absolute Gasteiger partial charge is 0.227 e. The molecule has 1 saturated heterocycles. The molecule has 1 rings (SSSR count). The van der Waals surface area contributed by atoms with Gasteiger partial charge in [-0.15, -0.1) is 12.4 Å². The largest absolute Gasteiger partial charge is 0.355 e. The number of nitrogens with one attached hydrogen (secondary N) is 2. The Morgan fingerprint density at radius 2 is 2.06 bits per heavy atom. The van der Waals surface area contributed by atoms with Crippen LogP contribution in [0.15, 0.2) is 0 Å². The fraction of sp³-hybridized carbons (Fsp3) is 0.917. The lowest BCUT2D eigenvalue weighted by molar-refractivity contribution is -0.131. The fourth-order valence-electron chi connectivity index (χ4n) is 1.81. The van der Waals surface area contributed by atoms with E-state index in [0.717, 1.165) is 32.5 Å². The number of carbonyl (C=O) groups is 1. The average Bonchev–Trinajstić information content (AvgIpc) is 2.14. The first-order chi connectivity index (χ1) is 6.83. The number of hydrogen-bond acceptors (Lipinski definition) is 2. The third-order valence-electron chi connectivity index (χ3n) is 2.92. The third kappa shape index (κ3) is 4.71. The van der Waals surface area contributed by atoms with Crippen LogP contribution in [0, 0.1) is 10.8 Å². The van der Waals surface area contributed by atoms with Gasteiger partial charge in [0.1, 0.15) is 0 Å². The van der Waals surface area contributed by atoms with E-state index >= 15 is 0 Å². The molecule has 0 bridgehead atoms. The summed E-state index contributed by atoms with van der Waals surface area (Å²) in [5.41, 5.74) is -0.0440. The van der Waals surface area contributed by atoms with Gasteiger partial charge in [0.15, 0.2) is 0 Å². The maximum atomic E-state index is 12.0. The lowest BCUT2D eigenvalue weighted by Crippen LogP contribution is -2.50. The Bertz CT molecular complexity index is 230. The van der Waals surface area contributed by atoms with Crippen molar-refractivity contribution in [3.8, 4) is 0 Å². The van der Waals surface area contributed by atoms with Crippen molar-refractivity contribution >= 4 is 18.3 Å². The van der Waals surface area contributed by atoms with Gasteiger partial charge in [-0.25, -0.2) is 0 Å². The fourth-order valence-corrected chi connectivity index (χ4v) is 1.81. The maximum Gasteiger partial charge on any atom is 0.227 e. The number of hydrogen-bond donors (Lipinski definition) is 2. The van der Waals surface area contributed by atoms with Gasteiger partial charge < -0.3 is 10.6 Å². The van der Waals surface area contributed by atoms with Crippen molar-refractivity contribution in [1.29, 1.82) is 0 Å². The molecule has 96 valence electrons. The number of halogens is 1. The summed E-state index contributed by atoms with van der Waals surface area (Å²) < 4.78 is 0. The zero-order valence-corrected chi connectivity index (χ0v) is 11.7. The van der Waals surface area contributed by atoms with Gasteiger partial charge >= 0.3 is 0 Å². The van der Waals surface area contributed by atoms with Crippen LogP contribution in [0.25, 0.3) is 0 Å². The molecule has 1 aliphatic rings. The normalized spacial score (nSPS) is 25.8. The maximum absolute atomic E-state index is 12.0. The van der Waals surface area contributed by atoms with Crippen molar-refractivity contribution in [3.63, 3.8) is 0 Å². The standard InChI is InChI=1S/C12H24N2O.ClH/c1-11(2,3)8-14-10(15)12(4)6-5-7-13-9-12;/h13H,5-9H2,1-4H3,(H,14,15);1H. The molecule has 16 heavy (non-hydrogen) atoms. The lowest BCUT2D eigenvalue weighted by atomic mass is 9.81. The summed E-state index contributed by atoms with van der Waals surface area (Å²) in [6, 6.07) is 0. The van der Waals surface area contributed by atoms with E-state index < -0.39 is 0 Å². The Kier molecular flexibility index (Phi) is 5.77. The molecule has 3 nitrogen and oxygen atoms in total. The van der Waals surface area contributed by atoms with Gasteiger partial charge in [-0.1, -0.05) is 20.8 Å². The van der Waals surface area contributed by atoms with Crippen LogP contribution in [0.4, 0.5) is 0 Å². The van der Waals surface area contributed by atoms with Gasteiger partial charge in [-0.3, -0.25) is 4.79 Å². The number of rotatable bonds is 2. The third-order valence-corrected chi connectivity index (χ3v) is 2.92. The van der Waals surface area contributed by atoms with E-state index in [1.165, 1.54) is 0 Å². The molecule has 0 spiro atoms. The van der Waals surface area contributed by atoms with E-state index in [4.69, 9.17) is 0 Å². The zero-order valence-electron chi connectivity index (χ0n) is 10.9. The van der Waals surface area contributed by atoms with Gasteiger partial charge in [0.25, 0.3) is 0 Å². The van der Waals surface area contributed by atoms with E-state index in [1.54, 1.807) is 0 Å². The van der Waals surface area contributed by atoms with Crippen molar-refractivity contribution in [2.45, 2.75) is 40.5 Å². The van der Waals surface area contributed by atoms with E-state index in [-0.39, 0.29) is 29.1 Å². The molecule has 1 amide bonds. The second kappa shape index (κ2) is 5.87. The molecule has 2 N–H and O–H groups in total. The highest BCUT2D eigenvalue weighted by Crippen LogP contribution is 2.25. The summed E-state index contributed by atoms with van der Waals surface area (Å²) in [5.74, 6) is 0.199. The highest BCUT2D eigenvalue weighted by Gasteiger charge is 2.34. The molecule has 1 heterocycles. The van der Waals surface area contributed by atoms with E-state index in [1.807, 2.05) is 0 Å². The zero-order chi connectivity index (χ0) is 11.5. The predicted octanol–water partition coefficient (Wildman–Crippen LogP) is 1.96. The molecule has 0 aromatic carbocycles. The van der Waals surface area contributed by atoms with E-state index in [2.05, 4.69) is 38.3 Å². The van der Waals surface area contributed by atoms with Crippen LogP contribution in [0.5, 0.6) is 0 Å². The molecular weight excluding hydrogens is 224 g/mol. The van der Waals surface area contributed by atoms with Crippen molar-refractivity contribution in [2.75, 3.05) is 19.6 Å². The summed E-state index contributed by atoms with van der Waals surface area (Å²) in [5, 5.41) is 6.35. The highest BCUT2D eigenvalue weighted by atomic mass is 35.5. The van der Waals surface area contributed by atoms with Gasteiger partial charge in [0, 0.05) is 13.1 Å². The minimum atomic E-state index is -0.205. The molecule has 0 aromatic rings. The lowest BCUT2D eigenvalue weighted by Gasteiger charge is -2.33. The first-order valence-corrected chi connectivity index (χ1v) is 5.83. The Hall–Kier alpha value is -0.280. The van der Waals surface area contributed by atoms with Gasteiger partial charge in [-0.05, 0) is 31.7 Å². The van der Waals surface area contributed by atoms with Gasteiger partial charge in [0.05, 0.1) is 5.41 Å². The first-order valence-electron chi connectivity index (χ1n) is 5.83. The van der Waals surface area contributed by atoms with E-state index in [0.29, 0.717) is 0 Å². The molecule has 1 atom stereocenters. The van der Waals surface area contributed by atoms with Crippen LogP contribution < -0.4 is 10.6 Å². The van der Waals surface area contributed by atoms with Crippen molar-refractivity contribution < 1.29 is 4.79 Å². The Balaban J connectivity index is 0.00000225. The summed E-state index contributed by atoms with van der Waals surface area (Å²) in [6.45, 7) is 11.1. The number of amides is 1. The summed E-state index contributed by atoms with van der Waals surface area (Å²) in [7, 11) is 0. The molecule has 0 radical (unpaired) electrons. The number of piperidine rings is 1. The Morgan fingerprint density at radius 1 is 1.44 bits per heavy atom. The summed E-state index contributed by atoms with van der Waals surface area (Å²) in [6.07, 6.45) is 2.09. The van der Waals surface area contributed by atoms with Crippen LogP contribution in [0.3, 0.4) is 0 Å². The molecule has 0 aromatic heterocycles. The first kappa shape index (κ1) is 15.7. The second-order valence-electron chi connectivity index (χ2n) is 6.08. The van der Waals surface area contributed by atoms with Crippen molar-refractivity contribution in [3.05, 3.63) is 0 Å². The van der Waals surface area contributed by atoms with Crippen LogP contribution in [0.1, 0.15) is 40.5 Å². The van der Waals surface area contributed by atoms with Crippen molar-refractivity contribution in [1.82, 2.24) is 10.6 Å². The SMILES string of the molecule is CC(C)(C)CNC(=O)C1(C)CCCNC1.Cl. The molecule has 1 fully saturated rings. The molecule has 0 saturated carbocycles. The van der Waals surface area contributed by atoms with Crippen LogP contribution in [-0.2, 0) is 4.79 Å². The quantitative estimate of drug-likeness (QED) is 0.785. The van der Waals surface area contributed by atoms with Crippen LogP contribution in [-0.4, -0.2) is 25.5 Å². The van der Waals surface area contributed by atoms with Crippen LogP contribution in [0.2, 0.25) is 0 Å². The minimum Gasteiger partial charge on any atom is -0.355 e. The summed E-state index contributed by atoms with van der Waals surface area (Å²) >= 11 is 0. The van der Waals surface area contributed by atoms with Gasteiger partial charge in [-0.2, -0.15) is 0 Å². The molecule has 1 unspecified atom stereocenters. The average molecular weight is 249 g/mol. The molecule has 1 aliphatic heterocycles. The van der Waals surface area contributed by atoms with Crippen molar-refractivity contribution in [2.24, 2.45) is 10.8 Å². The molecule has 0 aliphatic carbocycles. The minimum absolute atomic E-state index is 0. The topological polar surface area (TPSA) is 41.1 Å². The monoisotopic (exact) mass is 248 g/mol. The van der Waals surface area contributed by atoms with Gasteiger partial charge in [0.2, 0.25) is 5.91 Å². The molecular formula is C12H25ClN2O. The predicted molar refractivity (Wildman–Crippen MR) is 69.9 cm³/mol. The summed E-state index contributed by atoms with van der Waals surface area (Å²) in [4.78, 5) is 12.0. The second-order valence-corrected chi connectivity index (χ2v) is 6.08. The number of carbonyl (C=O) groups excluding carboxylic acids is 1. The van der Waals surface area contributed by atoms with E-state index in [9.17, 15) is 4.79 Å². The van der Waals surface area contributed by atoms with Crippen LogP contribution >= 0.6 is 12.4 Å². The molecule has 4 heteroatoms. The highest BCUT2D eigenvalue weighted by molar-refractivity contribution is 5.85.